The summed E-state index contributed by atoms with van der Waals surface area (Å²) in [7, 11) is 0. The number of hydrogen-bond acceptors (Lipinski definition) is 4. The van der Waals surface area contributed by atoms with Gasteiger partial charge >= 0.3 is 5.97 Å². The first-order valence-corrected chi connectivity index (χ1v) is 10.4. The number of pyridine rings is 1. The molecule has 0 bridgehead atoms. The number of anilines is 2. The summed E-state index contributed by atoms with van der Waals surface area (Å²) in [5, 5.41) is 3.81. The van der Waals surface area contributed by atoms with E-state index in [1.165, 1.54) is 17.7 Å². The molecule has 1 aliphatic rings. The fraction of sp³-hybridized carbons (Fsp3) is 0.250. The third kappa shape index (κ3) is 4.62. The topological polar surface area (TPSA) is 51.2 Å². The fourth-order valence-electron chi connectivity index (χ4n) is 3.74. The summed E-state index contributed by atoms with van der Waals surface area (Å²) in [6.07, 6.45) is 3.15. The van der Waals surface area contributed by atoms with Gasteiger partial charge in [0.1, 0.15) is 5.82 Å². The third-order valence-corrected chi connectivity index (χ3v) is 5.31. The van der Waals surface area contributed by atoms with Gasteiger partial charge in [-0.2, -0.15) is 0 Å². The Hall–Kier alpha value is -2.92. The first kappa shape index (κ1) is 20.4. The number of aromatic nitrogens is 1. The Morgan fingerprint density at radius 1 is 1.17 bits per heavy atom. The Bertz CT molecular complexity index is 1060. The van der Waals surface area contributed by atoms with E-state index in [0.717, 1.165) is 41.9 Å². The van der Waals surface area contributed by atoms with Crippen molar-refractivity contribution in [1.29, 1.82) is 0 Å². The summed E-state index contributed by atoms with van der Waals surface area (Å²) >= 11 is 6.04. The number of nitrogens with one attached hydrogen (secondary N) is 1. The van der Waals surface area contributed by atoms with E-state index in [1.54, 1.807) is 13.0 Å². The molecule has 6 heteroatoms. The predicted octanol–water partition coefficient (Wildman–Crippen LogP) is 5.88. The normalized spacial score (nSPS) is 12.5. The van der Waals surface area contributed by atoms with Crippen molar-refractivity contribution in [3.05, 3.63) is 76.2 Å². The predicted molar refractivity (Wildman–Crippen MR) is 117 cm³/mol. The van der Waals surface area contributed by atoms with Gasteiger partial charge in [-0.05, 0) is 73.7 Å². The van der Waals surface area contributed by atoms with Gasteiger partial charge in [0.2, 0.25) is 0 Å². The number of fused-ring (bicyclic) bond motifs is 1. The Morgan fingerprint density at radius 3 is 2.70 bits per heavy atom. The second-order valence-electron chi connectivity index (χ2n) is 7.30. The molecule has 0 saturated carbocycles. The van der Waals surface area contributed by atoms with Gasteiger partial charge in [-0.3, -0.25) is 9.78 Å². The van der Waals surface area contributed by atoms with Crippen molar-refractivity contribution in [3.63, 3.8) is 0 Å². The van der Waals surface area contributed by atoms with E-state index in [2.05, 4.69) is 5.32 Å². The van der Waals surface area contributed by atoms with Crippen LogP contribution in [0.4, 0.5) is 15.8 Å². The zero-order chi connectivity index (χ0) is 21.1. The lowest BCUT2D eigenvalue weighted by Gasteiger charge is -2.14. The lowest BCUT2D eigenvalue weighted by molar-refractivity contribution is -0.142. The maximum Gasteiger partial charge on any atom is 0.310 e. The van der Waals surface area contributed by atoms with Crippen molar-refractivity contribution in [3.8, 4) is 11.3 Å². The second kappa shape index (κ2) is 8.84. The molecule has 0 spiro atoms. The zero-order valence-corrected chi connectivity index (χ0v) is 17.4. The maximum atomic E-state index is 13.9. The Kier molecular flexibility index (Phi) is 6.00. The molecule has 1 aliphatic carbocycles. The first-order valence-electron chi connectivity index (χ1n) is 10.0. The van der Waals surface area contributed by atoms with Crippen molar-refractivity contribution in [2.24, 2.45) is 0 Å². The van der Waals surface area contributed by atoms with Crippen molar-refractivity contribution in [2.45, 2.75) is 32.6 Å². The lowest BCUT2D eigenvalue weighted by Crippen LogP contribution is -2.07. The van der Waals surface area contributed by atoms with E-state index >= 15 is 0 Å². The molecule has 4 nitrogen and oxygen atoms in total. The lowest BCUT2D eigenvalue weighted by atomic mass is 10.1. The molecular weight excluding hydrogens is 403 g/mol. The van der Waals surface area contributed by atoms with E-state index in [-0.39, 0.29) is 18.2 Å². The molecule has 0 atom stereocenters. The van der Waals surface area contributed by atoms with Crippen LogP contribution < -0.4 is 5.32 Å². The molecule has 1 aromatic heterocycles. The number of esters is 1. The smallest absolute Gasteiger partial charge is 0.310 e. The number of hydrogen-bond donors (Lipinski definition) is 1. The molecule has 0 radical (unpaired) electrons. The van der Waals surface area contributed by atoms with Gasteiger partial charge < -0.3 is 10.1 Å². The fourth-order valence-corrected chi connectivity index (χ4v) is 3.97. The van der Waals surface area contributed by atoms with Crippen LogP contribution in [0.3, 0.4) is 0 Å². The van der Waals surface area contributed by atoms with Gasteiger partial charge in [0, 0.05) is 27.7 Å². The quantitative estimate of drug-likeness (QED) is 0.502. The molecule has 2 aromatic carbocycles. The SMILES string of the molecule is CCOC(=O)Cc1ccc(Nc2cc(-c3cc(F)cc(Cl)c3)nc3c2CCC3)cc1. The van der Waals surface area contributed by atoms with Crippen LogP contribution in [0.5, 0.6) is 0 Å². The summed E-state index contributed by atoms with van der Waals surface area (Å²) in [4.78, 5) is 16.4. The summed E-state index contributed by atoms with van der Waals surface area (Å²) < 4.78 is 18.8. The molecule has 0 amide bonds. The van der Waals surface area contributed by atoms with Gasteiger partial charge in [0.05, 0.1) is 18.7 Å². The van der Waals surface area contributed by atoms with Crippen LogP contribution in [0, 0.1) is 5.82 Å². The highest BCUT2D eigenvalue weighted by molar-refractivity contribution is 6.30. The van der Waals surface area contributed by atoms with Gasteiger partial charge in [-0.15, -0.1) is 0 Å². The Labute approximate surface area is 180 Å². The summed E-state index contributed by atoms with van der Waals surface area (Å²) in [6.45, 7) is 2.18. The third-order valence-electron chi connectivity index (χ3n) is 5.10. The van der Waals surface area contributed by atoms with Crippen LogP contribution >= 0.6 is 11.6 Å². The Balaban J connectivity index is 1.61. The number of ether oxygens (including phenoxy) is 1. The minimum atomic E-state index is -0.383. The Morgan fingerprint density at radius 2 is 1.97 bits per heavy atom. The molecule has 0 saturated heterocycles. The van der Waals surface area contributed by atoms with E-state index in [0.29, 0.717) is 22.9 Å². The number of rotatable bonds is 6. The number of aryl methyl sites for hydroxylation is 1. The standard InChI is InChI=1S/C24H22ClFN2O2/c1-2-30-24(29)10-15-6-8-19(9-7-15)27-23-14-22(28-21-5-3-4-20(21)23)16-11-17(25)13-18(26)12-16/h6-9,11-14H,2-5,10H2,1H3,(H,27,28). The largest absolute Gasteiger partial charge is 0.466 e. The molecule has 4 rings (SSSR count). The molecule has 0 fully saturated rings. The van der Waals surface area contributed by atoms with Crippen molar-refractivity contribution in [2.75, 3.05) is 11.9 Å². The summed E-state index contributed by atoms with van der Waals surface area (Å²) in [6, 6.07) is 14.1. The van der Waals surface area contributed by atoms with Gasteiger partial charge in [-0.1, -0.05) is 23.7 Å². The minimum Gasteiger partial charge on any atom is -0.466 e. The van der Waals surface area contributed by atoms with Crippen LogP contribution in [0.1, 0.15) is 30.2 Å². The number of nitrogens with zero attached hydrogens (tertiary/aromatic N) is 1. The number of carbonyl (C=O) groups is 1. The van der Waals surface area contributed by atoms with Crippen LogP contribution in [0.2, 0.25) is 5.02 Å². The van der Waals surface area contributed by atoms with E-state index in [4.69, 9.17) is 21.3 Å². The van der Waals surface area contributed by atoms with E-state index < -0.39 is 0 Å². The molecule has 0 aliphatic heterocycles. The van der Waals surface area contributed by atoms with Gasteiger partial charge in [0.25, 0.3) is 0 Å². The number of halogens is 2. The molecular formula is C24H22ClFN2O2. The van der Waals surface area contributed by atoms with E-state index in [1.807, 2.05) is 30.3 Å². The van der Waals surface area contributed by atoms with Gasteiger partial charge in [-0.25, -0.2) is 4.39 Å². The highest BCUT2D eigenvalue weighted by atomic mass is 35.5. The average molecular weight is 425 g/mol. The van der Waals surface area contributed by atoms with Crippen LogP contribution in [-0.2, 0) is 28.8 Å². The van der Waals surface area contributed by atoms with Crippen LogP contribution in [-0.4, -0.2) is 17.6 Å². The molecule has 1 heterocycles. The first-order chi connectivity index (χ1) is 14.5. The maximum absolute atomic E-state index is 13.9. The van der Waals surface area contributed by atoms with E-state index in [9.17, 15) is 9.18 Å². The average Bonchev–Trinajstić information content (AvgIpc) is 3.18. The highest BCUT2D eigenvalue weighted by Crippen LogP contribution is 2.34. The molecule has 30 heavy (non-hydrogen) atoms. The van der Waals surface area contributed by atoms with Gasteiger partial charge in [0.15, 0.2) is 0 Å². The highest BCUT2D eigenvalue weighted by Gasteiger charge is 2.19. The molecule has 0 unspecified atom stereocenters. The number of carbonyl (C=O) groups excluding carboxylic acids is 1. The van der Waals surface area contributed by atoms with Crippen LogP contribution in [0.15, 0.2) is 48.5 Å². The van der Waals surface area contributed by atoms with Crippen molar-refractivity contribution >= 4 is 28.9 Å². The molecule has 154 valence electrons. The summed E-state index contributed by atoms with van der Waals surface area (Å²) in [5.74, 6) is -0.616. The molecule has 3 aromatic rings. The van der Waals surface area contributed by atoms with Crippen LogP contribution in [0.25, 0.3) is 11.3 Å². The number of benzene rings is 2. The second-order valence-corrected chi connectivity index (χ2v) is 7.73. The monoisotopic (exact) mass is 424 g/mol. The summed E-state index contributed by atoms with van der Waals surface area (Å²) in [5.41, 5.74) is 6.35. The van der Waals surface area contributed by atoms with Crippen molar-refractivity contribution in [1.82, 2.24) is 4.98 Å². The minimum absolute atomic E-state index is 0.233. The van der Waals surface area contributed by atoms with Crippen molar-refractivity contribution < 1.29 is 13.9 Å². The zero-order valence-electron chi connectivity index (χ0n) is 16.7. The molecule has 1 N–H and O–H groups in total.